The van der Waals surface area contributed by atoms with Gasteiger partial charge in [-0.15, -0.1) is 0 Å². The summed E-state index contributed by atoms with van der Waals surface area (Å²) >= 11 is 0. The summed E-state index contributed by atoms with van der Waals surface area (Å²) in [5.41, 5.74) is 0.854. The zero-order valence-corrected chi connectivity index (χ0v) is 15.1. The molecule has 1 aromatic carbocycles. The number of benzene rings is 1. The molecule has 1 N–H and O–H groups in total. The first-order valence-corrected chi connectivity index (χ1v) is 9.42. The lowest BCUT2D eigenvalue weighted by molar-refractivity contribution is -0.147. The van der Waals surface area contributed by atoms with Gasteiger partial charge in [-0.25, -0.2) is 0 Å². The van der Waals surface area contributed by atoms with E-state index in [1.807, 2.05) is 37.3 Å². The Kier molecular flexibility index (Phi) is 5.59. The van der Waals surface area contributed by atoms with Crippen molar-refractivity contribution < 1.29 is 19.5 Å². The number of hydrogen-bond acceptors (Lipinski definition) is 3. The van der Waals surface area contributed by atoms with Gasteiger partial charge in [-0.3, -0.25) is 14.4 Å². The third-order valence-corrected chi connectivity index (χ3v) is 5.62. The number of amides is 2. The maximum Gasteiger partial charge on any atom is 0.306 e. The van der Waals surface area contributed by atoms with Crippen molar-refractivity contribution in [1.82, 2.24) is 4.90 Å². The number of anilines is 1. The molecule has 1 saturated carbocycles. The first-order valence-electron chi connectivity index (χ1n) is 9.42. The van der Waals surface area contributed by atoms with Crippen LogP contribution >= 0.6 is 0 Å². The number of carboxylic acid groups (broad SMARTS) is 1. The standard InChI is InChI=1S/C20H26N2O4/c1-2-21(18(23)14-7-6-8-15(13-14)20(25)26)17-11-12-22(19(17)24)16-9-4-3-5-10-16/h3-5,9-10,14-15,17H,2,6-8,11-13H2,1H3,(H,25,26). The third-order valence-electron chi connectivity index (χ3n) is 5.62. The van der Waals surface area contributed by atoms with Crippen molar-refractivity contribution in [3.8, 4) is 0 Å². The quantitative estimate of drug-likeness (QED) is 0.877. The number of para-hydroxylation sites is 1. The molecule has 2 fully saturated rings. The number of carboxylic acids is 1. The molecule has 0 bridgehead atoms. The van der Waals surface area contributed by atoms with Gasteiger partial charge in [0.2, 0.25) is 11.8 Å². The highest BCUT2D eigenvalue weighted by molar-refractivity contribution is 6.01. The van der Waals surface area contributed by atoms with E-state index < -0.39 is 17.9 Å². The summed E-state index contributed by atoms with van der Waals surface area (Å²) in [5, 5.41) is 9.26. The molecule has 1 aliphatic carbocycles. The summed E-state index contributed by atoms with van der Waals surface area (Å²) in [6.07, 6.45) is 3.09. The Bertz CT molecular complexity index is 676. The molecule has 140 valence electrons. The van der Waals surface area contributed by atoms with Crippen LogP contribution in [0.3, 0.4) is 0 Å². The molecule has 26 heavy (non-hydrogen) atoms. The fourth-order valence-electron chi connectivity index (χ4n) is 4.22. The largest absolute Gasteiger partial charge is 0.481 e. The Hall–Kier alpha value is -2.37. The summed E-state index contributed by atoms with van der Waals surface area (Å²) in [5.74, 6) is -1.67. The van der Waals surface area contributed by atoms with Gasteiger partial charge in [-0.1, -0.05) is 24.6 Å². The van der Waals surface area contributed by atoms with Gasteiger partial charge in [0.15, 0.2) is 0 Å². The van der Waals surface area contributed by atoms with Gasteiger partial charge in [0.1, 0.15) is 6.04 Å². The Labute approximate surface area is 153 Å². The Morgan fingerprint density at radius 2 is 1.85 bits per heavy atom. The van der Waals surface area contributed by atoms with Gasteiger partial charge in [0.05, 0.1) is 5.92 Å². The highest BCUT2D eigenvalue weighted by Crippen LogP contribution is 2.32. The summed E-state index contributed by atoms with van der Waals surface area (Å²) in [7, 11) is 0. The van der Waals surface area contributed by atoms with Crippen LogP contribution in [-0.2, 0) is 14.4 Å². The molecule has 2 aliphatic rings. The highest BCUT2D eigenvalue weighted by Gasteiger charge is 2.41. The average molecular weight is 358 g/mol. The van der Waals surface area contributed by atoms with E-state index >= 15 is 0 Å². The molecular weight excluding hydrogens is 332 g/mol. The van der Waals surface area contributed by atoms with E-state index in [-0.39, 0.29) is 17.7 Å². The summed E-state index contributed by atoms with van der Waals surface area (Å²) in [6.45, 7) is 2.94. The van der Waals surface area contributed by atoms with Crippen molar-refractivity contribution in [2.45, 2.75) is 45.1 Å². The minimum Gasteiger partial charge on any atom is -0.481 e. The lowest BCUT2D eigenvalue weighted by Gasteiger charge is -2.33. The Balaban J connectivity index is 1.71. The molecule has 1 saturated heterocycles. The highest BCUT2D eigenvalue weighted by atomic mass is 16.4. The maximum absolute atomic E-state index is 13.0. The van der Waals surface area contributed by atoms with E-state index in [2.05, 4.69) is 0 Å². The van der Waals surface area contributed by atoms with Gasteiger partial charge in [-0.2, -0.15) is 0 Å². The zero-order chi connectivity index (χ0) is 18.7. The van der Waals surface area contributed by atoms with E-state index in [0.717, 1.165) is 12.1 Å². The number of hydrogen-bond donors (Lipinski definition) is 1. The SMILES string of the molecule is CCN(C(=O)C1CCCC(C(=O)O)C1)C1CCN(c2ccccc2)C1=O. The van der Waals surface area contributed by atoms with Gasteiger partial charge in [0.25, 0.3) is 0 Å². The predicted molar refractivity (Wildman–Crippen MR) is 97.7 cm³/mol. The van der Waals surface area contributed by atoms with Crippen LogP contribution in [0.4, 0.5) is 5.69 Å². The maximum atomic E-state index is 13.0. The lowest BCUT2D eigenvalue weighted by Crippen LogP contribution is -2.48. The van der Waals surface area contributed by atoms with Gasteiger partial charge < -0.3 is 14.9 Å². The van der Waals surface area contributed by atoms with Crippen LogP contribution in [0.15, 0.2) is 30.3 Å². The third kappa shape index (κ3) is 3.59. The Morgan fingerprint density at radius 1 is 1.15 bits per heavy atom. The molecule has 0 spiro atoms. The van der Waals surface area contributed by atoms with Crippen LogP contribution in [0.1, 0.15) is 39.0 Å². The summed E-state index contributed by atoms with van der Waals surface area (Å²) in [4.78, 5) is 40.6. The van der Waals surface area contributed by atoms with Crippen molar-refractivity contribution in [3.63, 3.8) is 0 Å². The molecule has 6 nitrogen and oxygen atoms in total. The molecule has 1 aromatic rings. The minimum atomic E-state index is -0.822. The second-order valence-electron chi connectivity index (χ2n) is 7.15. The van der Waals surface area contributed by atoms with E-state index in [1.54, 1.807) is 9.80 Å². The summed E-state index contributed by atoms with van der Waals surface area (Å²) in [6, 6.07) is 9.05. The molecule has 1 aliphatic heterocycles. The second kappa shape index (κ2) is 7.89. The molecule has 3 atom stereocenters. The fraction of sp³-hybridized carbons (Fsp3) is 0.550. The van der Waals surface area contributed by atoms with Crippen LogP contribution in [0, 0.1) is 11.8 Å². The van der Waals surface area contributed by atoms with Crippen molar-refractivity contribution in [2.24, 2.45) is 11.8 Å². The van der Waals surface area contributed by atoms with Crippen LogP contribution < -0.4 is 4.90 Å². The molecule has 0 aromatic heterocycles. The molecule has 2 amide bonds. The first-order chi connectivity index (χ1) is 12.5. The number of aliphatic carboxylic acids is 1. The van der Waals surface area contributed by atoms with Crippen molar-refractivity contribution >= 4 is 23.5 Å². The van der Waals surface area contributed by atoms with Gasteiger partial charge >= 0.3 is 5.97 Å². The van der Waals surface area contributed by atoms with Crippen molar-refractivity contribution in [3.05, 3.63) is 30.3 Å². The average Bonchev–Trinajstić information content (AvgIpc) is 3.04. The van der Waals surface area contributed by atoms with Crippen LogP contribution in [0.5, 0.6) is 0 Å². The number of nitrogens with zero attached hydrogens (tertiary/aromatic N) is 2. The van der Waals surface area contributed by atoms with E-state index in [4.69, 9.17) is 0 Å². The molecular formula is C20H26N2O4. The molecule has 6 heteroatoms. The van der Waals surface area contributed by atoms with E-state index in [9.17, 15) is 19.5 Å². The van der Waals surface area contributed by atoms with Crippen LogP contribution in [-0.4, -0.2) is 46.9 Å². The molecule has 3 rings (SSSR count). The molecule has 1 heterocycles. The molecule has 3 unspecified atom stereocenters. The van der Waals surface area contributed by atoms with Crippen LogP contribution in [0.2, 0.25) is 0 Å². The van der Waals surface area contributed by atoms with Crippen molar-refractivity contribution in [2.75, 3.05) is 18.0 Å². The normalized spacial score (nSPS) is 26.0. The topological polar surface area (TPSA) is 77.9 Å². The number of carbonyl (C=O) groups is 3. The summed E-state index contributed by atoms with van der Waals surface area (Å²) < 4.78 is 0. The molecule has 0 radical (unpaired) electrons. The van der Waals surface area contributed by atoms with E-state index in [1.165, 1.54) is 0 Å². The van der Waals surface area contributed by atoms with Gasteiger partial charge in [-0.05, 0) is 44.7 Å². The smallest absolute Gasteiger partial charge is 0.306 e. The zero-order valence-electron chi connectivity index (χ0n) is 15.1. The van der Waals surface area contributed by atoms with Crippen LogP contribution in [0.25, 0.3) is 0 Å². The van der Waals surface area contributed by atoms with Crippen molar-refractivity contribution in [1.29, 1.82) is 0 Å². The number of rotatable bonds is 5. The second-order valence-corrected chi connectivity index (χ2v) is 7.15. The lowest BCUT2D eigenvalue weighted by atomic mass is 9.80. The monoisotopic (exact) mass is 358 g/mol. The minimum absolute atomic E-state index is 0.0444. The van der Waals surface area contributed by atoms with Gasteiger partial charge in [0, 0.05) is 24.7 Å². The Morgan fingerprint density at radius 3 is 2.50 bits per heavy atom. The number of likely N-dealkylation sites (N-methyl/N-ethyl adjacent to an activating group) is 1. The number of carbonyl (C=O) groups excluding carboxylic acids is 2. The fourth-order valence-corrected chi connectivity index (χ4v) is 4.22. The van der Waals surface area contributed by atoms with E-state index in [0.29, 0.717) is 38.8 Å². The predicted octanol–water partition coefficient (Wildman–Crippen LogP) is 2.53. The first kappa shape index (κ1) is 18.4.